The summed E-state index contributed by atoms with van der Waals surface area (Å²) < 4.78 is 28.5. The van der Waals surface area contributed by atoms with Crippen molar-refractivity contribution in [2.45, 2.75) is 55.5 Å². The molecular formula is C23H28ClN3O4S. The molecule has 2 aromatic rings. The maximum atomic E-state index is 13.0. The number of carbonyl (C=O) groups excluding carboxylic acids is 2. The van der Waals surface area contributed by atoms with Gasteiger partial charge in [-0.2, -0.15) is 4.72 Å². The zero-order valence-electron chi connectivity index (χ0n) is 18.1. The summed E-state index contributed by atoms with van der Waals surface area (Å²) in [6.07, 6.45) is 3.41. The summed E-state index contributed by atoms with van der Waals surface area (Å²) in [6.45, 7) is 3.51. The molecule has 2 aromatic carbocycles. The Hall–Kier alpha value is -2.16. The van der Waals surface area contributed by atoms with Crippen LogP contribution in [-0.4, -0.2) is 61.7 Å². The number of halogens is 1. The number of hydrogen-bond acceptors (Lipinski definition) is 4. The minimum absolute atomic E-state index is 0.0626. The molecule has 2 fully saturated rings. The average molecular weight is 478 g/mol. The second kappa shape index (κ2) is 9.37. The topological polar surface area (TPSA) is 86.8 Å². The zero-order valence-corrected chi connectivity index (χ0v) is 19.7. The van der Waals surface area contributed by atoms with Gasteiger partial charge in [0.05, 0.1) is 4.90 Å². The van der Waals surface area contributed by atoms with Crippen LogP contribution in [0.5, 0.6) is 0 Å². The van der Waals surface area contributed by atoms with Crippen LogP contribution >= 0.6 is 11.6 Å². The third-order valence-corrected chi connectivity index (χ3v) is 8.15. The number of amides is 2. The van der Waals surface area contributed by atoms with E-state index < -0.39 is 22.1 Å². The zero-order chi connectivity index (χ0) is 22.9. The highest BCUT2D eigenvalue weighted by Gasteiger charge is 2.40. The van der Waals surface area contributed by atoms with Crippen molar-refractivity contribution < 1.29 is 18.0 Å². The fourth-order valence-corrected chi connectivity index (χ4v) is 5.91. The van der Waals surface area contributed by atoms with E-state index in [1.54, 1.807) is 19.1 Å². The number of nitrogens with zero attached hydrogens (tertiary/aromatic N) is 2. The van der Waals surface area contributed by atoms with Gasteiger partial charge in [0.25, 0.3) is 0 Å². The molecule has 2 aliphatic rings. The van der Waals surface area contributed by atoms with Gasteiger partial charge in [-0.1, -0.05) is 18.2 Å². The second-order valence-corrected chi connectivity index (χ2v) is 10.5. The molecule has 9 heteroatoms. The lowest BCUT2D eigenvalue weighted by atomic mass is 10.1. The molecule has 172 valence electrons. The van der Waals surface area contributed by atoms with Gasteiger partial charge >= 0.3 is 0 Å². The lowest BCUT2D eigenvalue weighted by Crippen LogP contribution is -2.51. The molecule has 0 radical (unpaired) electrons. The Morgan fingerprint density at radius 3 is 2.50 bits per heavy atom. The molecule has 32 heavy (non-hydrogen) atoms. The number of likely N-dealkylation sites (tertiary alicyclic amines) is 2. The molecule has 4 rings (SSSR count). The predicted molar refractivity (Wildman–Crippen MR) is 124 cm³/mol. The van der Waals surface area contributed by atoms with E-state index in [0.29, 0.717) is 18.8 Å². The Labute approximate surface area is 193 Å². The van der Waals surface area contributed by atoms with E-state index in [9.17, 15) is 18.0 Å². The smallest absolute Gasteiger partial charge is 0.245 e. The van der Waals surface area contributed by atoms with Crippen LogP contribution in [0.4, 0.5) is 0 Å². The van der Waals surface area contributed by atoms with Gasteiger partial charge in [0, 0.05) is 25.5 Å². The fraction of sp³-hybridized carbons (Fsp3) is 0.478. The van der Waals surface area contributed by atoms with Crippen molar-refractivity contribution in [2.75, 3.05) is 19.6 Å². The number of hydrogen-bond donors (Lipinski definition) is 1. The summed E-state index contributed by atoms with van der Waals surface area (Å²) in [5, 5.41) is 1.68. The van der Waals surface area contributed by atoms with Gasteiger partial charge in [0.15, 0.2) is 0 Å². The van der Waals surface area contributed by atoms with Crippen molar-refractivity contribution in [3.05, 3.63) is 42.0 Å². The highest BCUT2D eigenvalue weighted by molar-refractivity contribution is 7.89. The summed E-state index contributed by atoms with van der Waals surface area (Å²) in [5.74, 6) is -0.0253. The van der Waals surface area contributed by atoms with E-state index in [-0.39, 0.29) is 16.7 Å². The number of rotatable bonds is 6. The molecule has 2 unspecified atom stereocenters. The first-order valence-corrected chi connectivity index (χ1v) is 13.0. The minimum Gasteiger partial charge on any atom is -0.341 e. The first-order valence-electron chi connectivity index (χ1n) is 11.0. The molecular weight excluding hydrogens is 450 g/mol. The molecule has 2 atom stereocenters. The third kappa shape index (κ3) is 4.63. The Kier molecular flexibility index (Phi) is 6.74. The number of fused-ring (bicyclic) bond motifs is 1. The van der Waals surface area contributed by atoms with Gasteiger partial charge in [-0.3, -0.25) is 9.59 Å². The Morgan fingerprint density at radius 1 is 1.09 bits per heavy atom. The van der Waals surface area contributed by atoms with Crippen molar-refractivity contribution in [3.63, 3.8) is 0 Å². The summed E-state index contributed by atoms with van der Waals surface area (Å²) in [4.78, 5) is 29.2. The summed E-state index contributed by atoms with van der Waals surface area (Å²) in [5.41, 5.74) is 0.956. The molecule has 0 bridgehead atoms. The largest absolute Gasteiger partial charge is 0.341 e. The van der Waals surface area contributed by atoms with Crippen molar-refractivity contribution in [3.8, 4) is 0 Å². The van der Waals surface area contributed by atoms with E-state index in [0.717, 1.165) is 48.7 Å². The lowest BCUT2D eigenvalue weighted by Gasteiger charge is -2.32. The average Bonchev–Trinajstić information content (AvgIpc) is 3.17. The van der Waals surface area contributed by atoms with Crippen molar-refractivity contribution in [1.29, 1.82) is 0 Å². The molecule has 0 saturated carbocycles. The van der Waals surface area contributed by atoms with Crippen LogP contribution in [0.15, 0.2) is 41.3 Å². The van der Waals surface area contributed by atoms with Crippen LogP contribution in [0.2, 0.25) is 0 Å². The first-order chi connectivity index (χ1) is 15.3. The van der Waals surface area contributed by atoms with Gasteiger partial charge in [-0.05, 0) is 67.1 Å². The maximum absolute atomic E-state index is 13.0. The third-order valence-electron chi connectivity index (χ3n) is 6.37. The van der Waals surface area contributed by atoms with E-state index in [1.807, 2.05) is 23.1 Å². The Morgan fingerprint density at radius 2 is 1.78 bits per heavy atom. The molecule has 0 aliphatic carbocycles. The van der Waals surface area contributed by atoms with E-state index >= 15 is 0 Å². The monoisotopic (exact) mass is 477 g/mol. The van der Waals surface area contributed by atoms with E-state index in [4.69, 9.17) is 11.6 Å². The van der Waals surface area contributed by atoms with Gasteiger partial charge in [0.1, 0.15) is 12.1 Å². The Balaban J connectivity index is 1.46. The molecule has 2 saturated heterocycles. The fourth-order valence-electron chi connectivity index (χ4n) is 4.49. The van der Waals surface area contributed by atoms with Crippen molar-refractivity contribution in [2.24, 2.45) is 0 Å². The van der Waals surface area contributed by atoms with Crippen LogP contribution < -0.4 is 4.72 Å². The van der Waals surface area contributed by atoms with Crippen LogP contribution in [0.3, 0.4) is 0 Å². The first kappa shape index (κ1) is 23.0. The van der Waals surface area contributed by atoms with Gasteiger partial charge in [-0.15, -0.1) is 11.6 Å². The second-order valence-electron chi connectivity index (χ2n) is 8.53. The Bertz CT molecular complexity index is 1130. The van der Waals surface area contributed by atoms with Gasteiger partial charge < -0.3 is 9.80 Å². The molecule has 1 N–H and O–H groups in total. The SMILES string of the molecule is CC(C(=O)N1CCCCC1)N1CCC(NS(=O)(=O)c2ccc3cc(CCl)ccc3c2)C1=O. The molecule has 2 aliphatic heterocycles. The quantitative estimate of drug-likeness (QED) is 0.648. The standard InChI is InChI=1S/C23H28ClN3O4S/c1-16(22(28)26-10-3-2-4-11-26)27-12-9-21(23(27)29)25-32(30,31)20-8-7-18-13-17(15-24)5-6-19(18)14-20/h5-8,13-14,16,21,25H,2-4,9-12,15H2,1H3. The highest BCUT2D eigenvalue weighted by Crippen LogP contribution is 2.23. The predicted octanol–water partition coefficient (Wildman–Crippen LogP) is 2.86. The summed E-state index contributed by atoms with van der Waals surface area (Å²) in [6, 6.07) is 9.02. The maximum Gasteiger partial charge on any atom is 0.245 e. The molecule has 0 spiro atoms. The van der Waals surface area contributed by atoms with Crippen LogP contribution in [0.1, 0.15) is 38.2 Å². The number of benzene rings is 2. The van der Waals surface area contributed by atoms with E-state index in [1.165, 1.54) is 11.0 Å². The van der Waals surface area contributed by atoms with Crippen molar-refractivity contribution >= 4 is 44.2 Å². The van der Waals surface area contributed by atoms with Crippen LogP contribution in [0, 0.1) is 0 Å². The number of carbonyl (C=O) groups is 2. The van der Waals surface area contributed by atoms with Crippen molar-refractivity contribution in [1.82, 2.24) is 14.5 Å². The molecule has 0 aromatic heterocycles. The summed E-state index contributed by atoms with van der Waals surface area (Å²) >= 11 is 5.87. The van der Waals surface area contributed by atoms with Crippen LogP contribution in [-0.2, 0) is 25.5 Å². The molecule has 7 nitrogen and oxygen atoms in total. The number of piperidine rings is 1. The minimum atomic E-state index is -3.89. The highest BCUT2D eigenvalue weighted by atomic mass is 35.5. The van der Waals surface area contributed by atoms with Gasteiger partial charge in [-0.25, -0.2) is 8.42 Å². The molecule has 2 amide bonds. The van der Waals surface area contributed by atoms with Gasteiger partial charge in [0.2, 0.25) is 21.8 Å². The molecule has 2 heterocycles. The van der Waals surface area contributed by atoms with E-state index in [2.05, 4.69) is 4.72 Å². The lowest BCUT2D eigenvalue weighted by molar-refractivity contribution is -0.143. The summed E-state index contributed by atoms with van der Waals surface area (Å²) in [7, 11) is -3.89. The normalized spacial score (nSPS) is 20.7. The van der Waals surface area contributed by atoms with Crippen LogP contribution in [0.25, 0.3) is 10.8 Å². The number of sulfonamides is 1. The number of alkyl halides is 1. The number of nitrogens with one attached hydrogen (secondary N) is 1.